The zero-order valence-corrected chi connectivity index (χ0v) is 11.2. The highest BCUT2D eigenvalue weighted by atomic mass is 79.9. The predicted molar refractivity (Wildman–Crippen MR) is 70.4 cm³/mol. The van der Waals surface area contributed by atoms with Gasteiger partial charge in [0.15, 0.2) is 0 Å². The van der Waals surface area contributed by atoms with Crippen molar-refractivity contribution < 1.29 is 4.39 Å². The Labute approximate surface area is 109 Å². The van der Waals surface area contributed by atoms with Gasteiger partial charge in [-0.2, -0.15) is 0 Å². The maximum atomic E-state index is 12.9. The first-order valence-corrected chi connectivity index (χ1v) is 6.21. The van der Waals surface area contributed by atoms with Crippen LogP contribution in [0.2, 0.25) is 0 Å². The van der Waals surface area contributed by atoms with Crippen LogP contribution in [0.5, 0.6) is 0 Å². The molecule has 0 spiro atoms. The third kappa shape index (κ3) is 3.17. The Hall–Kier alpha value is -1.13. The van der Waals surface area contributed by atoms with E-state index in [0.717, 1.165) is 23.1 Å². The minimum atomic E-state index is -0.219. The first kappa shape index (κ1) is 12.3. The summed E-state index contributed by atoms with van der Waals surface area (Å²) in [6.07, 6.45) is 4.12. The average molecular weight is 297 g/mol. The molecule has 0 bridgehead atoms. The van der Waals surface area contributed by atoms with Gasteiger partial charge in [-0.05, 0) is 36.4 Å². The molecular formula is C13H14BrFN2. The molecule has 1 heterocycles. The van der Waals surface area contributed by atoms with Gasteiger partial charge in [0, 0.05) is 30.0 Å². The van der Waals surface area contributed by atoms with Crippen molar-refractivity contribution in [1.82, 2.24) is 9.88 Å². The molecule has 1 aromatic heterocycles. The second kappa shape index (κ2) is 5.47. The summed E-state index contributed by atoms with van der Waals surface area (Å²) in [7, 11) is 1.92. The molecule has 2 rings (SSSR count). The second-order valence-electron chi connectivity index (χ2n) is 3.96. The van der Waals surface area contributed by atoms with Gasteiger partial charge in [-0.25, -0.2) is 4.39 Å². The van der Waals surface area contributed by atoms with Gasteiger partial charge in [-0.1, -0.05) is 22.0 Å². The lowest BCUT2D eigenvalue weighted by Crippen LogP contribution is -2.04. The largest absolute Gasteiger partial charge is 0.350 e. The molecule has 0 radical (unpaired) electrons. The van der Waals surface area contributed by atoms with Crippen molar-refractivity contribution in [2.75, 3.05) is 7.05 Å². The fourth-order valence-electron chi connectivity index (χ4n) is 1.74. The fraction of sp³-hybridized carbons (Fsp3) is 0.231. The molecule has 90 valence electrons. The van der Waals surface area contributed by atoms with Gasteiger partial charge in [0.2, 0.25) is 0 Å². The number of nitrogens with one attached hydrogen (secondary N) is 1. The van der Waals surface area contributed by atoms with Crippen LogP contribution in [0.25, 0.3) is 0 Å². The van der Waals surface area contributed by atoms with Crippen molar-refractivity contribution in [3.05, 3.63) is 58.1 Å². The third-order valence-corrected chi connectivity index (χ3v) is 3.30. The Morgan fingerprint density at radius 3 is 2.88 bits per heavy atom. The van der Waals surface area contributed by atoms with Crippen molar-refractivity contribution in [2.24, 2.45) is 0 Å². The van der Waals surface area contributed by atoms with Crippen LogP contribution < -0.4 is 5.32 Å². The van der Waals surface area contributed by atoms with Gasteiger partial charge < -0.3 is 9.88 Å². The summed E-state index contributed by atoms with van der Waals surface area (Å²) in [4.78, 5) is 0. The minimum absolute atomic E-state index is 0.219. The molecule has 0 amide bonds. The first-order chi connectivity index (χ1) is 8.19. The maximum Gasteiger partial charge on any atom is 0.124 e. The summed E-state index contributed by atoms with van der Waals surface area (Å²) in [6, 6.07) is 6.86. The molecule has 2 nitrogen and oxygen atoms in total. The summed E-state index contributed by atoms with van der Waals surface area (Å²) in [5.74, 6) is -0.219. The third-order valence-electron chi connectivity index (χ3n) is 2.56. The molecule has 0 unspecified atom stereocenters. The van der Waals surface area contributed by atoms with Gasteiger partial charge in [0.1, 0.15) is 5.82 Å². The molecule has 0 fully saturated rings. The van der Waals surface area contributed by atoms with Crippen LogP contribution in [0, 0.1) is 5.82 Å². The van der Waals surface area contributed by atoms with Crippen LogP contribution in [0.4, 0.5) is 4.39 Å². The van der Waals surface area contributed by atoms with Gasteiger partial charge in [-0.3, -0.25) is 0 Å². The lowest BCUT2D eigenvalue weighted by molar-refractivity contribution is 0.625. The highest BCUT2D eigenvalue weighted by molar-refractivity contribution is 9.10. The Morgan fingerprint density at radius 2 is 2.18 bits per heavy atom. The number of nitrogens with zero attached hydrogens (tertiary/aromatic N) is 1. The normalized spacial score (nSPS) is 10.8. The number of hydrogen-bond acceptors (Lipinski definition) is 1. The Bertz CT molecular complexity index is 508. The highest BCUT2D eigenvalue weighted by Gasteiger charge is 2.03. The standard InChI is InChI=1S/C13H14BrFN2/c1-16-7-10-4-5-17(8-10)9-11-2-3-12(15)6-13(11)14/h2-6,8,16H,7,9H2,1H3. The molecule has 0 aliphatic heterocycles. The molecule has 1 aromatic carbocycles. The van der Waals surface area contributed by atoms with Crippen molar-refractivity contribution in [2.45, 2.75) is 13.1 Å². The summed E-state index contributed by atoms with van der Waals surface area (Å²) in [5.41, 5.74) is 2.31. The van der Waals surface area contributed by atoms with Crippen molar-refractivity contribution in [1.29, 1.82) is 0 Å². The molecular weight excluding hydrogens is 283 g/mol. The van der Waals surface area contributed by atoms with Crippen molar-refractivity contribution >= 4 is 15.9 Å². The van der Waals surface area contributed by atoms with E-state index in [1.54, 1.807) is 6.07 Å². The number of hydrogen-bond donors (Lipinski definition) is 1. The minimum Gasteiger partial charge on any atom is -0.350 e. The average Bonchev–Trinajstić information content (AvgIpc) is 2.71. The maximum absolute atomic E-state index is 12.9. The van der Waals surface area contributed by atoms with Crippen LogP contribution in [-0.4, -0.2) is 11.6 Å². The van der Waals surface area contributed by atoms with E-state index in [-0.39, 0.29) is 5.82 Å². The van der Waals surface area contributed by atoms with E-state index >= 15 is 0 Å². The van der Waals surface area contributed by atoms with E-state index in [1.807, 2.05) is 13.2 Å². The number of benzene rings is 1. The number of aromatic nitrogens is 1. The van der Waals surface area contributed by atoms with E-state index in [4.69, 9.17) is 0 Å². The quantitative estimate of drug-likeness (QED) is 0.917. The van der Waals surface area contributed by atoms with E-state index in [1.165, 1.54) is 17.7 Å². The summed E-state index contributed by atoms with van der Waals surface area (Å²) in [6.45, 7) is 1.60. The van der Waals surface area contributed by atoms with Crippen LogP contribution in [0.15, 0.2) is 41.1 Å². The molecule has 2 aromatic rings. The smallest absolute Gasteiger partial charge is 0.124 e. The summed E-state index contributed by atoms with van der Waals surface area (Å²) >= 11 is 3.38. The van der Waals surface area contributed by atoms with Crippen LogP contribution in [0.1, 0.15) is 11.1 Å². The molecule has 17 heavy (non-hydrogen) atoms. The predicted octanol–water partition coefficient (Wildman–Crippen LogP) is 3.16. The summed E-state index contributed by atoms with van der Waals surface area (Å²) in [5, 5.41) is 3.11. The van der Waals surface area contributed by atoms with E-state index in [9.17, 15) is 4.39 Å². The summed E-state index contributed by atoms with van der Waals surface area (Å²) < 4.78 is 15.8. The lowest BCUT2D eigenvalue weighted by atomic mass is 10.2. The Morgan fingerprint density at radius 1 is 1.35 bits per heavy atom. The molecule has 0 atom stereocenters. The van der Waals surface area contributed by atoms with Crippen molar-refractivity contribution in [3.8, 4) is 0 Å². The first-order valence-electron chi connectivity index (χ1n) is 5.42. The Balaban J connectivity index is 2.13. The fourth-order valence-corrected chi connectivity index (χ4v) is 2.22. The van der Waals surface area contributed by atoms with Gasteiger partial charge in [-0.15, -0.1) is 0 Å². The lowest BCUT2D eigenvalue weighted by Gasteiger charge is -2.06. The van der Waals surface area contributed by atoms with E-state index in [0.29, 0.717) is 0 Å². The van der Waals surface area contributed by atoms with Crippen LogP contribution in [-0.2, 0) is 13.1 Å². The number of rotatable bonds is 4. The molecule has 1 N–H and O–H groups in total. The molecule has 4 heteroatoms. The molecule has 0 aliphatic carbocycles. The molecule has 0 saturated carbocycles. The molecule has 0 aliphatic rings. The monoisotopic (exact) mass is 296 g/mol. The second-order valence-corrected chi connectivity index (χ2v) is 4.81. The van der Waals surface area contributed by atoms with E-state index < -0.39 is 0 Å². The van der Waals surface area contributed by atoms with Crippen LogP contribution in [0.3, 0.4) is 0 Å². The SMILES string of the molecule is CNCc1ccn(Cc2ccc(F)cc2Br)c1. The Kier molecular flexibility index (Phi) is 3.97. The topological polar surface area (TPSA) is 17.0 Å². The molecule has 0 saturated heterocycles. The van der Waals surface area contributed by atoms with Gasteiger partial charge in [0.25, 0.3) is 0 Å². The van der Waals surface area contributed by atoms with Crippen molar-refractivity contribution in [3.63, 3.8) is 0 Å². The zero-order valence-electron chi connectivity index (χ0n) is 9.58. The van der Waals surface area contributed by atoms with E-state index in [2.05, 4.69) is 38.1 Å². The van der Waals surface area contributed by atoms with Gasteiger partial charge in [0.05, 0.1) is 0 Å². The number of halogens is 2. The zero-order chi connectivity index (χ0) is 12.3. The highest BCUT2D eigenvalue weighted by Crippen LogP contribution is 2.19. The van der Waals surface area contributed by atoms with Gasteiger partial charge >= 0.3 is 0 Å². The van der Waals surface area contributed by atoms with Crippen LogP contribution >= 0.6 is 15.9 Å².